The Hall–Kier alpha value is -3.59. The summed E-state index contributed by atoms with van der Waals surface area (Å²) in [5, 5.41) is 2.42. The van der Waals surface area contributed by atoms with E-state index in [1.54, 1.807) is 23.7 Å². The molecule has 0 spiro atoms. The Labute approximate surface area is 294 Å². The van der Waals surface area contributed by atoms with Crippen LogP contribution in [0.1, 0.15) is 9.68 Å². The molecule has 9 rings (SSSR count). The molecule has 5 aromatic carbocycles. The quantitative estimate of drug-likeness (QED) is 0.198. The van der Waals surface area contributed by atoms with Crippen molar-refractivity contribution in [3.8, 4) is 22.5 Å². The van der Waals surface area contributed by atoms with Gasteiger partial charge in [-0.3, -0.25) is 0 Å². The summed E-state index contributed by atoms with van der Waals surface area (Å²) < 4.78 is 27.7. The zero-order valence-corrected chi connectivity index (χ0v) is 29.6. The number of benzene rings is 5. The van der Waals surface area contributed by atoms with Gasteiger partial charge in [0.2, 0.25) is 0 Å². The second-order valence-electron chi connectivity index (χ2n) is 10.6. The first kappa shape index (κ1) is 26.6. The van der Waals surface area contributed by atoms with Crippen LogP contribution in [0.4, 0.5) is 0 Å². The van der Waals surface area contributed by atoms with E-state index in [2.05, 4.69) is 102 Å². The molecule has 0 bridgehead atoms. The van der Waals surface area contributed by atoms with Crippen LogP contribution in [-0.4, -0.2) is 46.6 Å². The van der Waals surface area contributed by atoms with Crippen molar-refractivity contribution in [1.82, 2.24) is 9.97 Å². The number of aromatic nitrogens is 2. The van der Waals surface area contributed by atoms with Crippen LogP contribution in [0.15, 0.2) is 134 Å². The fourth-order valence-corrected chi connectivity index (χ4v) is 11.2. The SMILES string of the molecule is [2H]C([2H])([2H])c1ccc(-c2[c-]cccc2)nc1.[Ir].[c-]1cc2c3c(c1-c1cc4ccccc4cn1)[Se]c1ccccc1B3c1ccccc1[Se]2. The summed E-state index contributed by atoms with van der Waals surface area (Å²) in [6.07, 6.45) is 3.40. The Balaban J connectivity index is 0.000000183. The van der Waals surface area contributed by atoms with Crippen molar-refractivity contribution in [2.45, 2.75) is 6.85 Å². The summed E-state index contributed by atoms with van der Waals surface area (Å²) in [5.74, 6) is 0. The summed E-state index contributed by atoms with van der Waals surface area (Å²) in [4.78, 5) is 8.99. The number of rotatable bonds is 2. The van der Waals surface area contributed by atoms with E-state index in [1.807, 2.05) is 24.4 Å². The topological polar surface area (TPSA) is 25.8 Å². The molecule has 0 unspecified atom stereocenters. The van der Waals surface area contributed by atoms with Crippen molar-refractivity contribution in [3.05, 3.63) is 151 Å². The van der Waals surface area contributed by atoms with Gasteiger partial charge in [-0.2, -0.15) is 0 Å². The van der Waals surface area contributed by atoms with Gasteiger partial charge in [0.25, 0.3) is 0 Å². The minimum atomic E-state index is -2.09. The van der Waals surface area contributed by atoms with E-state index in [0.717, 1.165) is 17.0 Å². The number of aryl methyl sites for hydroxylation is 1. The Kier molecular flexibility index (Phi) is 7.71. The van der Waals surface area contributed by atoms with Crippen LogP contribution in [-0.2, 0) is 20.1 Å². The molecule has 1 radical (unpaired) electrons. The monoisotopic (exact) mass is 888 g/mol. The first-order chi connectivity index (χ1) is 22.9. The van der Waals surface area contributed by atoms with Gasteiger partial charge in [0.15, 0.2) is 0 Å². The molecule has 7 aromatic rings. The summed E-state index contributed by atoms with van der Waals surface area (Å²) in [6.45, 7) is -1.76. The molecule has 0 saturated heterocycles. The molecular formula is C39H25BIrN2Se2-2. The normalized spacial score (nSPS) is 13.4. The molecule has 2 nitrogen and oxygen atoms in total. The maximum absolute atomic E-state index is 7.23. The first-order valence-corrected chi connectivity index (χ1v) is 17.8. The van der Waals surface area contributed by atoms with Gasteiger partial charge < -0.3 is 4.98 Å². The number of hydrogen-bond acceptors (Lipinski definition) is 2. The van der Waals surface area contributed by atoms with Crippen molar-refractivity contribution in [1.29, 1.82) is 0 Å². The Morgan fingerprint density at radius 1 is 0.667 bits per heavy atom. The van der Waals surface area contributed by atoms with Crippen LogP contribution in [0.5, 0.6) is 0 Å². The Bertz CT molecular complexity index is 2250. The molecular weight excluding hydrogens is 857 g/mol. The molecule has 0 fully saturated rings. The molecule has 0 atom stereocenters. The molecule has 0 aliphatic carbocycles. The number of nitrogens with zero attached hydrogens (tertiary/aromatic N) is 2. The molecule has 2 aliphatic heterocycles. The molecule has 217 valence electrons. The van der Waals surface area contributed by atoms with Crippen LogP contribution in [0, 0.1) is 19.0 Å². The van der Waals surface area contributed by atoms with Gasteiger partial charge in [0.05, 0.1) is 0 Å². The third-order valence-corrected chi connectivity index (χ3v) is 12.9. The summed E-state index contributed by atoms with van der Waals surface area (Å²) in [6, 6.07) is 48.5. The van der Waals surface area contributed by atoms with Gasteiger partial charge in [-0.05, 0) is 18.1 Å². The predicted molar refractivity (Wildman–Crippen MR) is 187 cm³/mol. The van der Waals surface area contributed by atoms with Crippen molar-refractivity contribution < 1.29 is 24.2 Å². The van der Waals surface area contributed by atoms with Crippen LogP contribution >= 0.6 is 0 Å². The van der Waals surface area contributed by atoms with Gasteiger partial charge in [-0.1, -0.05) is 12.1 Å². The van der Waals surface area contributed by atoms with E-state index in [0.29, 0.717) is 21.7 Å². The van der Waals surface area contributed by atoms with E-state index >= 15 is 0 Å². The van der Waals surface area contributed by atoms with Crippen LogP contribution < -0.4 is 34.2 Å². The van der Waals surface area contributed by atoms with Crippen molar-refractivity contribution in [3.63, 3.8) is 0 Å². The van der Waals surface area contributed by atoms with Crippen LogP contribution in [0.3, 0.4) is 0 Å². The molecule has 0 saturated carbocycles. The third kappa shape index (κ3) is 5.80. The average molecular weight is 886 g/mol. The summed E-state index contributed by atoms with van der Waals surface area (Å²) >= 11 is 0.575. The van der Waals surface area contributed by atoms with E-state index in [9.17, 15) is 0 Å². The zero-order valence-electron chi connectivity index (χ0n) is 26.8. The molecule has 6 heteroatoms. The predicted octanol–water partition coefficient (Wildman–Crippen LogP) is 3.01. The van der Waals surface area contributed by atoms with Crippen molar-refractivity contribution in [2.24, 2.45) is 0 Å². The van der Waals surface area contributed by atoms with Crippen molar-refractivity contribution in [2.75, 3.05) is 0 Å². The second kappa shape index (κ2) is 13.0. The molecule has 0 N–H and O–H groups in total. The molecule has 45 heavy (non-hydrogen) atoms. The van der Waals surface area contributed by atoms with Gasteiger partial charge in [-0.15, -0.1) is 35.9 Å². The van der Waals surface area contributed by atoms with E-state index < -0.39 is 6.85 Å². The number of pyridine rings is 2. The fraction of sp³-hybridized carbons (Fsp3) is 0.0256. The minimum absolute atomic E-state index is 0. The van der Waals surface area contributed by atoms with Crippen LogP contribution in [0.2, 0.25) is 0 Å². The van der Waals surface area contributed by atoms with E-state index in [1.165, 1.54) is 51.3 Å². The summed E-state index contributed by atoms with van der Waals surface area (Å²) in [5.41, 5.74) is 8.61. The first-order valence-electron chi connectivity index (χ1n) is 15.8. The standard InChI is InChI=1S/C27H15BNSe2.C12H10N.Ir/c1-2-8-18-16-29-22(15-17(18)7-1)19-13-14-25-26-27(19)31-24-12-6-4-10-21(24)28(26)20-9-3-5-11-23(20)30-25;1-10-7-8-12(13-9-10)11-5-3-2-4-6-11;/h1-12,14-16H;2-5,7-9H,1H3;/q2*-1;/i;1D3;. The number of fused-ring (bicyclic) bond motifs is 5. The van der Waals surface area contributed by atoms with E-state index in [4.69, 9.17) is 9.10 Å². The molecule has 0 amide bonds. The summed E-state index contributed by atoms with van der Waals surface area (Å²) in [7, 11) is 0. The maximum atomic E-state index is 7.23. The molecule has 2 aliphatic rings. The Morgan fingerprint density at radius 2 is 1.38 bits per heavy atom. The van der Waals surface area contributed by atoms with Crippen molar-refractivity contribution >= 4 is 81.6 Å². The fourth-order valence-electron chi connectivity index (χ4n) is 5.84. The molecule has 2 aromatic heterocycles. The van der Waals surface area contributed by atoms with E-state index in [-0.39, 0.29) is 40.6 Å². The zero-order chi connectivity index (χ0) is 32.0. The third-order valence-electron chi connectivity index (χ3n) is 7.90. The van der Waals surface area contributed by atoms with Gasteiger partial charge in [0.1, 0.15) is 0 Å². The Morgan fingerprint density at radius 3 is 2.11 bits per heavy atom. The van der Waals surface area contributed by atoms with Gasteiger partial charge >= 0.3 is 195 Å². The van der Waals surface area contributed by atoms with Gasteiger partial charge in [-0.25, -0.2) is 0 Å². The van der Waals surface area contributed by atoms with Crippen LogP contribution in [0.25, 0.3) is 33.3 Å². The second-order valence-corrected chi connectivity index (χ2v) is 15.1. The molecule has 4 heterocycles. The van der Waals surface area contributed by atoms with Gasteiger partial charge in [0, 0.05) is 30.4 Å². The number of hydrogen-bond donors (Lipinski definition) is 0. The average Bonchev–Trinajstić information content (AvgIpc) is 3.12.